The largest absolute Gasteiger partial charge is 0.384 e. The molecule has 1 aromatic heterocycles. The number of carbonyl (C=O) groups is 2. The lowest BCUT2D eigenvalue weighted by Crippen LogP contribution is -2.54. The van der Waals surface area contributed by atoms with Gasteiger partial charge in [0.2, 0.25) is 11.8 Å². The maximum Gasteiger partial charge on any atom is 0.264 e. The highest BCUT2D eigenvalue weighted by atomic mass is 16.2. The van der Waals surface area contributed by atoms with E-state index in [0.29, 0.717) is 23.1 Å². The average Bonchev–Trinajstić information content (AvgIpc) is 2.83. The molecular weight excluding hydrogens is 454 g/mol. The number of imide groups is 1. The van der Waals surface area contributed by atoms with Gasteiger partial charge in [0.15, 0.2) is 0 Å². The minimum Gasteiger partial charge on any atom is -0.384 e. The van der Waals surface area contributed by atoms with Gasteiger partial charge in [0.1, 0.15) is 11.9 Å². The highest BCUT2D eigenvalue weighted by Crippen LogP contribution is 2.53. The Kier molecular flexibility index (Phi) is 6.32. The third kappa shape index (κ3) is 4.33. The Morgan fingerprint density at radius 2 is 1.72 bits per heavy atom. The van der Waals surface area contributed by atoms with Crippen LogP contribution < -0.4 is 21.5 Å². The number of nitrogens with one attached hydrogen (secondary N) is 3. The van der Waals surface area contributed by atoms with Gasteiger partial charge < -0.3 is 10.6 Å². The van der Waals surface area contributed by atoms with Crippen molar-refractivity contribution in [2.75, 3.05) is 18.4 Å². The van der Waals surface area contributed by atoms with Gasteiger partial charge in [-0.3, -0.25) is 24.3 Å². The Morgan fingerprint density at radius 3 is 2.44 bits per heavy atom. The first-order valence-corrected chi connectivity index (χ1v) is 13.8. The molecule has 3 N–H and O–H groups in total. The molecule has 4 bridgehead atoms. The fraction of sp³-hybridized carbons (Fsp3) is 0.643. The molecule has 1 unspecified atom stereocenters. The van der Waals surface area contributed by atoms with Crippen LogP contribution >= 0.6 is 0 Å². The second-order valence-electron chi connectivity index (χ2n) is 11.5. The summed E-state index contributed by atoms with van der Waals surface area (Å²) in [5.74, 6) is 3.57. The van der Waals surface area contributed by atoms with Crippen LogP contribution in [0.25, 0.3) is 10.9 Å². The lowest BCUT2D eigenvalue weighted by atomic mass is 9.54. The van der Waals surface area contributed by atoms with E-state index in [-0.39, 0.29) is 17.9 Å². The Bertz CT molecular complexity index is 1210. The Hall–Kier alpha value is -2.74. The summed E-state index contributed by atoms with van der Waals surface area (Å²) in [5, 5.41) is 10.2. The predicted molar refractivity (Wildman–Crippen MR) is 139 cm³/mol. The second kappa shape index (κ2) is 9.61. The molecule has 2 aromatic rings. The fourth-order valence-corrected chi connectivity index (χ4v) is 7.80. The van der Waals surface area contributed by atoms with Crippen molar-refractivity contribution >= 4 is 28.4 Å². The van der Waals surface area contributed by atoms with Gasteiger partial charge in [-0.05, 0) is 101 Å². The summed E-state index contributed by atoms with van der Waals surface area (Å²) >= 11 is 0. The first-order valence-electron chi connectivity index (χ1n) is 13.8. The molecule has 7 rings (SSSR count). The molecule has 1 saturated heterocycles. The number of hydrogen-bond donors (Lipinski definition) is 3. The van der Waals surface area contributed by atoms with E-state index in [4.69, 9.17) is 0 Å². The van der Waals surface area contributed by atoms with Crippen LogP contribution in [0.3, 0.4) is 0 Å². The smallest absolute Gasteiger partial charge is 0.264 e. The van der Waals surface area contributed by atoms with E-state index in [0.717, 1.165) is 61.3 Å². The van der Waals surface area contributed by atoms with Gasteiger partial charge in [-0.15, -0.1) is 0 Å². The lowest BCUT2D eigenvalue weighted by molar-refractivity contribution is -0.135. The summed E-state index contributed by atoms with van der Waals surface area (Å²) in [6.07, 6.45) is 9.90. The number of unbranched alkanes of at least 4 members (excludes halogenated alkanes) is 1. The number of fused-ring (bicyclic) bond motifs is 1. The summed E-state index contributed by atoms with van der Waals surface area (Å²) in [6, 6.07) is 5.65. The van der Waals surface area contributed by atoms with Gasteiger partial charge in [-0.1, -0.05) is 6.07 Å². The SMILES string of the molecule is Cc1nc2cccc(NCCCCNC3[C@H]4C[C@@H]5C[C@@H](C[C@H]3C5)C4)c2c(=O)n1C1CCC(=O)NC1=O. The number of piperidine rings is 1. The number of carbonyl (C=O) groups excluding carboxylic acids is 2. The van der Waals surface area contributed by atoms with E-state index in [1.54, 1.807) is 6.92 Å². The van der Waals surface area contributed by atoms with E-state index >= 15 is 0 Å². The van der Waals surface area contributed by atoms with Crippen molar-refractivity contribution in [3.05, 3.63) is 34.4 Å². The zero-order valence-corrected chi connectivity index (χ0v) is 21.1. The highest BCUT2D eigenvalue weighted by molar-refractivity contribution is 5.99. The van der Waals surface area contributed by atoms with E-state index in [1.165, 1.54) is 36.7 Å². The van der Waals surface area contributed by atoms with Crippen LogP contribution in [0, 0.1) is 30.6 Å². The van der Waals surface area contributed by atoms with Crippen molar-refractivity contribution in [1.82, 2.24) is 20.2 Å². The number of hydrogen-bond acceptors (Lipinski definition) is 6. The average molecular weight is 492 g/mol. The minimum absolute atomic E-state index is 0.220. The van der Waals surface area contributed by atoms with Crippen LogP contribution in [0.1, 0.15) is 69.7 Å². The molecule has 4 aliphatic carbocycles. The standard InChI is InChI=1S/C28H37N5O3/c1-16-31-22-6-4-5-21(25(22)28(36)33(16)23-7-8-24(34)32-27(23)35)29-9-2-3-10-30-26-19-12-17-11-18(14-19)15-20(26)13-17/h4-6,17-20,23,26,29-30H,2-3,7-15H2,1H3,(H,32,34,35)/t17-,18+,19-,20+,23?,26?. The molecule has 8 nitrogen and oxygen atoms in total. The Labute approximate surface area is 211 Å². The summed E-state index contributed by atoms with van der Waals surface area (Å²) in [6.45, 7) is 3.56. The van der Waals surface area contributed by atoms with Gasteiger partial charge in [-0.25, -0.2) is 4.98 Å². The molecule has 0 radical (unpaired) electrons. The van der Waals surface area contributed by atoms with E-state index in [1.807, 2.05) is 18.2 Å². The maximum atomic E-state index is 13.5. The zero-order valence-electron chi connectivity index (χ0n) is 21.1. The van der Waals surface area contributed by atoms with Crippen LogP contribution in [-0.4, -0.2) is 40.5 Å². The van der Waals surface area contributed by atoms with Crippen LogP contribution in [0.4, 0.5) is 5.69 Å². The molecule has 5 fully saturated rings. The molecule has 36 heavy (non-hydrogen) atoms. The Balaban J connectivity index is 1.08. The molecule has 4 saturated carbocycles. The van der Waals surface area contributed by atoms with Gasteiger partial charge >= 0.3 is 0 Å². The quantitative estimate of drug-likeness (QED) is 0.387. The summed E-state index contributed by atoms with van der Waals surface area (Å²) in [4.78, 5) is 42.2. The van der Waals surface area contributed by atoms with Crippen molar-refractivity contribution in [3.8, 4) is 0 Å². The van der Waals surface area contributed by atoms with Crippen molar-refractivity contribution in [1.29, 1.82) is 0 Å². The number of aromatic nitrogens is 2. The van der Waals surface area contributed by atoms with Crippen LogP contribution in [0.2, 0.25) is 0 Å². The summed E-state index contributed by atoms with van der Waals surface area (Å²) in [5.41, 5.74) is 1.13. The monoisotopic (exact) mass is 491 g/mol. The molecule has 8 heteroatoms. The first-order chi connectivity index (χ1) is 17.5. The fourth-order valence-electron chi connectivity index (χ4n) is 7.80. The first kappa shape index (κ1) is 23.6. The number of nitrogens with zero attached hydrogens (tertiary/aromatic N) is 2. The maximum absolute atomic E-state index is 13.5. The normalized spacial score (nSPS) is 31.1. The van der Waals surface area contributed by atoms with Gasteiger partial charge in [0.05, 0.1) is 10.9 Å². The molecule has 0 spiro atoms. The number of aryl methyl sites for hydroxylation is 1. The molecule has 1 atom stereocenters. The molecule has 1 aromatic carbocycles. The van der Waals surface area contributed by atoms with Gasteiger partial charge in [0.25, 0.3) is 5.56 Å². The van der Waals surface area contributed by atoms with Crippen molar-refractivity contribution in [2.45, 2.75) is 76.8 Å². The van der Waals surface area contributed by atoms with Crippen molar-refractivity contribution in [2.24, 2.45) is 23.7 Å². The minimum atomic E-state index is -0.712. The topological polar surface area (TPSA) is 105 Å². The summed E-state index contributed by atoms with van der Waals surface area (Å²) < 4.78 is 1.45. The number of amides is 2. The van der Waals surface area contributed by atoms with E-state index in [9.17, 15) is 14.4 Å². The summed E-state index contributed by atoms with van der Waals surface area (Å²) in [7, 11) is 0. The third-order valence-electron chi connectivity index (χ3n) is 9.15. The van der Waals surface area contributed by atoms with Gasteiger partial charge in [-0.2, -0.15) is 0 Å². The highest BCUT2D eigenvalue weighted by Gasteiger charge is 2.47. The van der Waals surface area contributed by atoms with Gasteiger partial charge in [0, 0.05) is 24.7 Å². The Morgan fingerprint density at radius 1 is 1.00 bits per heavy atom. The van der Waals surface area contributed by atoms with Crippen LogP contribution in [0.15, 0.2) is 23.0 Å². The molecule has 5 aliphatic rings. The number of benzene rings is 1. The molecule has 2 amide bonds. The lowest BCUT2D eigenvalue weighted by Gasteiger charge is -2.54. The van der Waals surface area contributed by atoms with E-state index < -0.39 is 11.9 Å². The molecule has 1 aliphatic heterocycles. The zero-order chi connectivity index (χ0) is 24.8. The number of rotatable bonds is 8. The second-order valence-corrected chi connectivity index (χ2v) is 11.5. The third-order valence-corrected chi connectivity index (χ3v) is 9.15. The van der Waals surface area contributed by atoms with E-state index in [2.05, 4.69) is 20.9 Å². The van der Waals surface area contributed by atoms with Crippen molar-refractivity contribution in [3.63, 3.8) is 0 Å². The molecule has 2 heterocycles. The van der Waals surface area contributed by atoms with Crippen LogP contribution in [-0.2, 0) is 9.59 Å². The predicted octanol–water partition coefficient (Wildman–Crippen LogP) is 3.29. The molecule has 192 valence electrons. The molecular formula is C28H37N5O3. The number of anilines is 1. The van der Waals surface area contributed by atoms with Crippen LogP contribution in [0.5, 0.6) is 0 Å². The van der Waals surface area contributed by atoms with Crippen molar-refractivity contribution < 1.29 is 9.59 Å².